The lowest BCUT2D eigenvalue weighted by Crippen LogP contribution is -2.40. The monoisotopic (exact) mass is 655 g/mol. The second-order valence-corrected chi connectivity index (χ2v) is 13.8. The number of carbonyl (C=O) groups is 2. The molecule has 0 bridgehead atoms. The van der Waals surface area contributed by atoms with Gasteiger partial charge in [-0.15, -0.1) is 5.10 Å². The first-order valence-corrected chi connectivity index (χ1v) is 16.7. The third-order valence-corrected chi connectivity index (χ3v) is 8.57. The Morgan fingerprint density at radius 2 is 1.96 bits per heavy atom. The Morgan fingerprint density at radius 3 is 2.65 bits per heavy atom. The van der Waals surface area contributed by atoms with E-state index < -0.39 is 5.60 Å². The van der Waals surface area contributed by atoms with Crippen molar-refractivity contribution in [2.45, 2.75) is 91.1 Å². The van der Waals surface area contributed by atoms with Crippen LogP contribution in [0.3, 0.4) is 0 Å². The molecule has 4 heterocycles. The molecule has 1 aliphatic carbocycles. The largest absolute Gasteiger partial charge is 0.444 e. The minimum absolute atomic E-state index is 0.174. The van der Waals surface area contributed by atoms with Crippen molar-refractivity contribution < 1.29 is 19.1 Å². The molecule has 1 aliphatic heterocycles. The summed E-state index contributed by atoms with van der Waals surface area (Å²) < 4.78 is 15.3. The molecule has 2 amide bonds. The van der Waals surface area contributed by atoms with Gasteiger partial charge in [0.2, 0.25) is 5.91 Å². The molecule has 1 saturated carbocycles. The smallest absolute Gasteiger partial charge is 0.410 e. The fourth-order valence-corrected chi connectivity index (χ4v) is 6.11. The van der Waals surface area contributed by atoms with Crippen LogP contribution in [0.1, 0.15) is 83.0 Å². The van der Waals surface area contributed by atoms with E-state index in [9.17, 15) is 9.59 Å². The van der Waals surface area contributed by atoms with E-state index in [0.29, 0.717) is 60.4 Å². The van der Waals surface area contributed by atoms with Crippen LogP contribution < -0.4 is 10.6 Å². The molecule has 3 N–H and O–H groups in total. The summed E-state index contributed by atoms with van der Waals surface area (Å²) in [5.41, 5.74) is 5.13. The average molecular weight is 656 g/mol. The highest BCUT2D eigenvalue weighted by molar-refractivity contribution is 5.99. The van der Waals surface area contributed by atoms with Crippen LogP contribution in [0.5, 0.6) is 0 Å². The SMILES string of the molecule is CC(=O)Nc1cc(NC2CCCCO2)c(C=N)c(-c2cn(Cc3cn4cc(CN(CC5CCC5)C(=O)OC(C)(C)C)ccc4n3)nn2)c1. The van der Waals surface area contributed by atoms with Gasteiger partial charge in [-0.1, -0.05) is 17.7 Å². The number of imidazole rings is 1. The van der Waals surface area contributed by atoms with Gasteiger partial charge in [-0.3, -0.25) is 4.79 Å². The van der Waals surface area contributed by atoms with Crippen LogP contribution in [0.4, 0.5) is 16.2 Å². The molecule has 0 radical (unpaired) electrons. The lowest BCUT2D eigenvalue weighted by Gasteiger charge is -2.33. The Bertz CT molecular complexity index is 1780. The van der Waals surface area contributed by atoms with Crippen molar-refractivity contribution in [3.8, 4) is 11.3 Å². The standard InChI is InChI=1S/C35H45N9O4/c1-23(45)37-26-14-28(29(16-36)30(15-26)39-33-10-5-6-13-47-33)31-22-44(41-40-31)21-27-20-42-18-25(11-12-32(42)38-27)19-43(17-24-8-7-9-24)34(46)48-35(2,3)4/h11-12,14-16,18,20,22,24,33,36,39H,5-10,13,17,19,21H2,1-4H3,(H,37,45). The van der Waals surface area contributed by atoms with Crippen LogP contribution in [0.25, 0.3) is 16.9 Å². The zero-order valence-electron chi connectivity index (χ0n) is 28.2. The van der Waals surface area contributed by atoms with Crippen molar-refractivity contribution in [1.29, 1.82) is 5.41 Å². The van der Waals surface area contributed by atoms with Gasteiger partial charge in [0.15, 0.2) is 0 Å². The summed E-state index contributed by atoms with van der Waals surface area (Å²) >= 11 is 0. The molecule has 1 atom stereocenters. The van der Waals surface area contributed by atoms with Crippen LogP contribution in [-0.4, -0.2) is 72.5 Å². The summed E-state index contributed by atoms with van der Waals surface area (Å²) in [5, 5.41) is 23.3. The molecule has 1 aromatic carbocycles. The molecule has 254 valence electrons. The average Bonchev–Trinajstić information content (AvgIpc) is 3.64. The zero-order valence-corrected chi connectivity index (χ0v) is 28.2. The highest BCUT2D eigenvalue weighted by Crippen LogP contribution is 2.33. The number of hydrogen-bond donors (Lipinski definition) is 3. The minimum Gasteiger partial charge on any atom is -0.444 e. The van der Waals surface area contributed by atoms with Gasteiger partial charge in [-0.05, 0) is 82.6 Å². The number of ether oxygens (including phenoxy) is 2. The quantitative estimate of drug-likeness (QED) is 0.165. The topological polar surface area (TPSA) is 152 Å². The number of anilines is 2. The maximum atomic E-state index is 13.1. The van der Waals surface area contributed by atoms with E-state index in [2.05, 4.69) is 20.9 Å². The molecule has 2 aliphatic rings. The number of hydrogen-bond acceptors (Lipinski definition) is 9. The van der Waals surface area contributed by atoms with Crippen molar-refractivity contribution in [2.75, 3.05) is 23.8 Å². The third-order valence-electron chi connectivity index (χ3n) is 8.57. The molecule has 48 heavy (non-hydrogen) atoms. The molecule has 13 nitrogen and oxygen atoms in total. The Balaban J connectivity index is 1.20. The summed E-state index contributed by atoms with van der Waals surface area (Å²) in [4.78, 5) is 31.6. The number of nitrogens with one attached hydrogen (secondary N) is 3. The summed E-state index contributed by atoms with van der Waals surface area (Å²) in [7, 11) is 0. The lowest BCUT2D eigenvalue weighted by atomic mass is 9.85. The van der Waals surface area contributed by atoms with Gasteiger partial charge in [-0.2, -0.15) is 0 Å². The number of rotatable bonds is 11. The van der Waals surface area contributed by atoms with Crippen molar-refractivity contribution in [2.24, 2.45) is 5.92 Å². The van der Waals surface area contributed by atoms with Crippen molar-refractivity contribution >= 4 is 35.2 Å². The van der Waals surface area contributed by atoms with Crippen molar-refractivity contribution in [1.82, 2.24) is 29.3 Å². The molecular weight excluding hydrogens is 610 g/mol. The van der Waals surface area contributed by atoms with Crippen molar-refractivity contribution in [3.05, 3.63) is 59.7 Å². The Hall–Kier alpha value is -4.78. The van der Waals surface area contributed by atoms with Crippen LogP contribution in [-0.2, 0) is 27.4 Å². The molecule has 6 rings (SSSR count). The van der Waals surface area contributed by atoms with Gasteiger partial charge >= 0.3 is 6.09 Å². The van der Waals surface area contributed by atoms with E-state index in [4.69, 9.17) is 19.9 Å². The number of benzene rings is 1. The second-order valence-electron chi connectivity index (χ2n) is 13.8. The first-order valence-electron chi connectivity index (χ1n) is 16.7. The summed E-state index contributed by atoms with van der Waals surface area (Å²) in [6.45, 7) is 9.33. The van der Waals surface area contributed by atoms with Crippen LogP contribution in [0, 0.1) is 11.3 Å². The van der Waals surface area contributed by atoms with E-state index >= 15 is 0 Å². The first kappa shape index (κ1) is 33.1. The Morgan fingerprint density at radius 1 is 1.12 bits per heavy atom. The molecule has 4 aromatic rings. The summed E-state index contributed by atoms with van der Waals surface area (Å²) in [6, 6.07) is 7.58. The molecule has 3 aromatic heterocycles. The second kappa shape index (κ2) is 14.1. The van der Waals surface area contributed by atoms with Gasteiger partial charge < -0.3 is 34.8 Å². The Kier molecular flexibility index (Phi) is 9.76. The maximum absolute atomic E-state index is 13.1. The van der Waals surface area contributed by atoms with Crippen LogP contribution in [0.15, 0.2) is 42.9 Å². The summed E-state index contributed by atoms with van der Waals surface area (Å²) in [5.74, 6) is 0.323. The maximum Gasteiger partial charge on any atom is 0.410 e. The van der Waals surface area contributed by atoms with E-state index in [1.165, 1.54) is 19.6 Å². The molecule has 0 spiro atoms. The molecule has 2 fully saturated rings. The van der Waals surface area contributed by atoms with Gasteiger partial charge in [-0.25, -0.2) is 14.5 Å². The van der Waals surface area contributed by atoms with E-state index in [0.717, 1.165) is 49.0 Å². The fourth-order valence-electron chi connectivity index (χ4n) is 6.11. The van der Waals surface area contributed by atoms with Gasteiger partial charge in [0.05, 0.1) is 25.0 Å². The molecular formula is C35H45N9O4. The highest BCUT2D eigenvalue weighted by Gasteiger charge is 2.27. The number of fused-ring (bicyclic) bond motifs is 1. The number of amides is 2. The molecule has 13 heteroatoms. The van der Waals surface area contributed by atoms with E-state index in [-0.39, 0.29) is 18.2 Å². The van der Waals surface area contributed by atoms with Crippen LogP contribution in [0.2, 0.25) is 0 Å². The van der Waals surface area contributed by atoms with E-state index in [1.807, 2.05) is 66.9 Å². The molecule has 1 unspecified atom stereocenters. The van der Waals surface area contributed by atoms with E-state index in [1.54, 1.807) is 10.7 Å². The fraction of sp³-hybridized carbons (Fsp3) is 0.486. The normalized spacial score (nSPS) is 16.7. The van der Waals surface area contributed by atoms with Crippen molar-refractivity contribution in [3.63, 3.8) is 0 Å². The molecule has 1 saturated heterocycles. The lowest BCUT2D eigenvalue weighted by molar-refractivity contribution is -0.114. The first-order chi connectivity index (χ1) is 23.0. The number of pyridine rings is 1. The Labute approximate surface area is 280 Å². The number of carbonyl (C=O) groups excluding carboxylic acids is 2. The number of nitrogens with zero attached hydrogens (tertiary/aromatic N) is 6. The predicted octanol–water partition coefficient (Wildman–Crippen LogP) is 6.07. The predicted molar refractivity (Wildman–Crippen MR) is 183 cm³/mol. The third kappa shape index (κ3) is 8.19. The highest BCUT2D eigenvalue weighted by atomic mass is 16.6. The van der Waals surface area contributed by atoms with Crippen LogP contribution >= 0.6 is 0 Å². The van der Waals surface area contributed by atoms with Gasteiger partial charge in [0, 0.05) is 61.2 Å². The number of aromatic nitrogens is 5. The van der Waals surface area contributed by atoms with Gasteiger partial charge in [0.1, 0.15) is 23.2 Å². The summed E-state index contributed by atoms with van der Waals surface area (Å²) in [6.07, 6.45) is 13.0. The van der Waals surface area contributed by atoms with Gasteiger partial charge in [0.25, 0.3) is 0 Å². The minimum atomic E-state index is -0.558. The zero-order chi connectivity index (χ0) is 33.8.